The molecule has 1 aromatic heterocycles. The monoisotopic (exact) mass is 371 g/mol. The molecule has 0 bridgehead atoms. The molecule has 0 saturated carbocycles. The fourth-order valence-electron chi connectivity index (χ4n) is 2.01. The van der Waals surface area contributed by atoms with E-state index >= 15 is 0 Å². The van der Waals surface area contributed by atoms with Gasteiger partial charge in [-0.15, -0.1) is 0 Å². The van der Waals surface area contributed by atoms with Crippen molar-refractivity contribution in [3.8, 4) is 0 Å². The van der Waals surface area contributed by atoms with E-state index < -0.39 is 22.7 Å². The van der Waals surface area contributed by atoms with Crippen molar-refractivity contribution in [3.05, 3.63) is 52.8 Å². The molecule has 1 aromatic carbocycles. The summed E-state index contributed by atoms with van der Waals surface area (Å²) in [6, 6.07) is 4.79. The van der Waals surface area contributed by atoms with Gasteiger partial charge < -0.3 is 10.6 Å². The normalized spacial score (nSPS) is 11.5. The molecule has 0 atom stereocenters. The summed E-state index contributed by atoms with van der Waals surface area (Å²) in [7, 11) is 0. The van der Waals surface area contributed by atoms with E-state index in [9.17, 15) is 18.0 Å². The molecule has 0 aliphatic carbocycles. The highest BCUT2D eigenvalue weighted by Gasteiger charge is 2.33. The molecule has 0 aliphatic rings. The summed E-state index contributed by atoms with van der Waals surface area (Å²) in [5.41, 5.74) is -0.106. The second-order valence-electron chi connectivity index (χ2n) is 5.88. The molecule has 4 nitrogen and oxygen atoms in total. The van der Waals surface area contributed by atoms with Crippen LogP contribution >= 0.6 is 11.6 Å². The van der Waals surface area contributed by atoms with Crippen molar-refractivity contribution in [1.82, 2.24) is 4.98 Å². The van der Waals surface area contributed by atoms with Crippen molar-refractivity contribution in [2.45, 2.75) is 20.0 Å². The molecule has 0 radical (unpaired) electrons. The van der Waals surface area contributed by atoms with Crippen LogP contribution in [0.4, 0.5) is 24.5 Å². The summed E-state index contributed by atoms with van der Waals surface area (Å²) in [5.74, 6) is -0.150. The van der Waals surface area contributed by atoms with E-state index in [0.29, 0.717) is 18.2 Å². The zero-order valence-electron chi connectivity index (χ0n) is 13.6. The number of hydrogen-bond donors (Lipinski definition) is 2. The van der Waals surface area contributed by atoms with Gasteiger partial charge in [-0.3, -0.25) is 9.78 Å². The van der Waals surface area contributed by atoms with Crippen LogP contribution in [0.1, 0.15) is 29.8 Å². The average molecular weight is 372 g/mol. The third kappa shape index (κ3) is 5.35. The van der Waals surface area contributed by atoms with E-state index in [-0.39, 0.29) is 11.3 Å². The molecule has 2 N–H and O–H groups in total. The highest BCUT2D eigenvalue weighted by Crippen LogP contribution is 2.36. The van der Waals surface area contributed by atoms with Gasteiger partial charge in [-0.05, 0) is 30.2 Å². The second kappa shape index (κ2) is 7.74. The Morgan fingerprint density at radius 3 is 2.56 bits per heavy atom. The molecule has 0 saturated heterocycles. The lowest BCUT2D eigenvalue weighted by molar-refractivity contribution is -0.137. The van der Waals surface area contributed by atoms with Crippen molar-refractivity contribution in [2.24, 2.45) is 5.92 Å². The van der Waals surface area contributed by atoms with Crippen molar-refractivity contribution in [3.63, 3.8) is 0 Å². The molecule has 134 valence electrons. The molecule has 0 aliphatic heterocycles. The van der Waals surface area contributed by atoms with Crippen LogP contribution in [0, 0.1) is 5.92 Å². The fraction of sp³-hybridized carbons (Fsp3) is 0.294. The standard InChI is InChI=1S/C17H17ClF3N3O/c1-10(2)7-23-13-5-11(8-22-9-13)16(25)24-12-3-4-15(18)14(6-12)17(19,20)21/h3-6,8-10,23H,7H2,1-2H3,(H,24,25). The van der Waals surface area contributed by atoms with Crippen molar-refractivity contribution < 1.29 is 18.0 Å². The molecule has 0 spiro atoms. The van der Waals surface area contributed by atoms with Crippen LogP contribution in [0.3, 0.4) is 0 Å². The molecule has 8 heteroatoms. The number of amides is 1. The number of alkyl halides is 3. The maximum absolute atomic E-state index is 12.9. The topological polar surface area (TPSA) is 54.0 Å². The Balaban J connectivity index is 2.16. The maximum Gasteiger partial charge on any atom is 0.417 e. The lowest BCUT2D eigenvalue weighted by Crippen LogP contribution is -2.15. The van der Waals surface area contributed by atoms with Gasteiger partial charge in [0.1, 0.15) is 0 Å². The molecular formula is C17H17ClF3N3O. The number of nitrogens with one attached hydrogen (secondary N) is 2. The Morgan fingerprint density at radius 1 is 1.20 bits per heavy atom. The molecule has 1 heterocycles. The third-order valence-corrected chi connectivity index (χ3v) is 3.57. The molecule has 2 rings (SSSR count). The van der Waals surface area contributed by atoms with Crippen LogP contribution in [-0.4, -0.2) is 17.4 Å². The fourth-order valence-corrected chi connectivity index (χ4v) is 2.23. The first-order valence-electron chi connectivity index (χ1n) is 7.54. The number of nitrogens with zero attached hydrogens (tertiary/aromatic N) is 1. The number of pyridine rings is 1. The van der Waals surface area contributed by atoms with Gasteiger partial charge in [0.05, 0.1) is 21.8 Å². The van der Waals surface area contributed by atoms with Gasteiger partial charge in [-0.2, -0.15) is 13.2 Å². The van der Waals surface area contributed by atoms with Crippen LogP contribution in [0.2, 0.25) is 5.02 Å². The number of halogens is 4. The summed E-state index contributed by atoms with van der Waals surface area (Å²) in [6.45, 7) is 4.78. The third-order valence-electron chi connectivity index (χ3n) is 3.24. The number of carbonyl (C=O) groups is 1. The summed E-state index contributed by atoms with van der Waals surface area (Å²) in [6.07, 6.45) is -1.68. The highest BCUT2D eigenvalue weighted by molar-refractivity contribution is 6.31. The van der Waals surface area contributed by atoms with Gasteiger partial charge in [0.2, 0.25) is 0 Å². The number of carbonyl (C=O) groups excluding carboxylic acids is 1. The van der Waals surface area contributed by atoms with E-state index in [1.54, 1.807) is 12.3 Å². The molecule has 0 unspecified atom stereocenters. The second-order valence-corrected chi connectivity index (χ2v) is 6.29. The number of hydrogen-bond acceptors (Lipinski definition) is 3. The minimum absolute atomic E-state index is 0.00210. The van der Waals surface area contributed by atoms with Crippen molar-refractivity contribution in [1.29, 1.82) is 0 Å². The minimum atomic E-state index is -4.60. The van der Waals surface area contributed by atoms with E-state index in [0.717, 1.165) is 12.1 Å². The summed E-state index contributed by atoms with van der Waals surface area (Å²) in [4.78, 5) is 16.2. The lowest BCUT2D eigenvalue weighted by Gasteiger charge is -2.12. The summed E-state index contributed by atoms with van der Waals surface area (Å²) < 4.78 is 38.6. The first-order chi connectivity index (χ1) is 11.7. The van der Waals surface area contributed by atoms with Gasteiger partial charge in [-0.1, -0.05) is 25.4 Å². The zero-order valence-corrected chi connectivity index (χ0v) is 14.4. The van der Waals surface area contributed by atoms with Gasteiger partial charge in [0, 0.05) is 24.6 Å². The van der Waals surface area contributed by atoms with Crippen molar-refractivity contribution in [2.75, 3.05) is 17.2 Å². The van der Waals surface area contributed by atoms with E-state index in [1.165, 1.54) is 12.3 Å². The summed E-state index contributed by atoms with van der Waals surface area (Å²) >= 11 is 5.56. The Hall–Kier alpha value is -2.28. The van der Waals surface area contributed by atoms with Crippen LogP contribution in [-0.2, 0) is 6.18 Å². The smallest absolute Gasteiger partial charge is 0.384 e. The largest absolute Gasteiger partial charge is 0.417 e. The van der Waals surface area contributed by atoms with Gasteiger partial charge in [-0.25, -0.2) is 0 Å². The van der Waals surface area contributed by atoms with E-state index in [4.69, 9.17) is 11.6 Å². The predicted octanol–water partition coefficient (Wildman–Crippen LogP) is 5.07. The number of aromatic nitrogens is 1. The van der Waals surface area contributed by atoms with Gasteiger partial charge >= 0.3 is 6.18 Å². The van der Waals surface area contributed by atoms with Crippen LogP contribution in [0.25, 0.3) is 0 Å². The average Bonchev–Trinajstić information content (AvgIpc) is 2.54. The molecule has 0 fully saturated rings. The number of benzene rings is 1. The lowest BCUT2D eigenvalue weighted by atomic mass is 10.1. The van der Waals surface area contributed by atoms with Crippen molar-refractivity contribution >= 4 is 28.9 Å². The zero-order chi connectivity index (χ0) is 18.6. The molecular weight excluding hydrogens is 355 g/mol. The SMILES string of the molecule is CC(C)CNc1cncc(C(=O)Nc2ccc(Cl)c(C(F)(F)F)c2)c1. The Kier molecular flexibility index (Phi) is 5.89. The number of rotatable bonds is 5. The Bertz CT molecular complexity index is 763. The van der Waals surface area contributed by atoms with Gasteiger partial charge in [0.25, 0.3) is 5.91 Å². The first kappa shape index (κ1) is 19.1. The molecule has 1 amide bonds. The van der Waals surface area contributed by atoms with E-state index in [1.807, 2.05) is 13.8 Å². The first-order valence-corrected chi connectivity index (χ1v) is 7.91. The molecule has 25 heavy (non-hydrogen) atoms. The number of anilines is 2. The summed E-state index contributed by atoms with van der Waals surface area (Å²) in [5, 5.41) is 5.13. The highest BCUT2D eigenvalue weighted by atomic mass is 35.5. The van der Waals surface area contributed by atoms with Crippen LogP contribution in [0.15, 0.2) is 36.7 Å². The Morgan fingerprint density at radius 2 is 1.92 bits per heavy atom. The van der Waals surface area contributed by atoms with Gasteiger partial charge in [0.15, 0.2) is 0 Å². The molecule has 2 aromatic rings. The van der Waals surface area contributed by atoms with Crippen LogP contribution < -0.4 is 10.6 Å². The predicted molar refractivity (Wildman–Crippen MR) is 92.0 cm³/mol. The maximum atomic E-state index is 12.9. The van der Waals surface area contributed by atoms with Crippen LogP contribution in [0.5, 0.6) is 0 Å². The quantitative estimate of drug-likeness (QED) is 0.771. The minimum Gasteiger partial charge on any atom is -0.384 e. The van der Waals surface area contributed by atoms with E-state index in [2.05, 4.69) is 15.6 Å². The Labute approximate surface area is 148 Å².